The van der Waals surface area contributed by atoms with Crippen LogP contribution in [0.25, 0.3) is 10.1 Å². The summed E-state index contributed by atoms with van der Waals surface area (Å²) < 4.78 is 17.4. The number of nitrogens with zero attached hydrogens (tertiary/aromatic N) is 2. The molecule has 21 heavy (non-hydrogen) atoms. The molecule has 110 valence electrons. The zero-order valence-corrected chi connectivity index (χ0v) is 13.0. The molecule has 3 rings (SSSR count). The van der Waals surface area contributed by atoms with Gasteiger partial charge in [-0.15, -0.1) is 11.3 Å². The Balaban J connectivity index is 2.13. The maximum Gasteiger partial charge on any atom is 0.132 e. The predicted octanol–water partition coefficient (Wildman–Crippen LogP) is 3.57. The van der Waals surface area contributed by atoms with Crippen LogP contribution in [0.2, 0.25) is 0 Å². The number of imidazole rings is 1. The van der Waals surface area contributed by atoms with Crippen molar-refractivity contribution in [3.8, 4) is 0 Å². The van der Waals surface area contributed by atoms with Crippen molar-refractivity contribution in [2.75, 3.05) is 7.05 Å². The molecule has 0 saturated carbocycles. The van der Waals surface area contributed by atoms with E-state index in [1.165, 1.54) is 10.9 Å². The first-order valence-electron chi connectivity index (χ1n) is 7.08. The predicted molar refractivity (Wildman–Crippen MR) is 85.3 cm³/mol. The van der Waals surface area contributed by atoms with E-state index in [0.29, 0.717) is 6.54 Å². The minimum absolute atomic E-state index is 0.140. The maximum absolute atomic E-state index is 14.3. The van der Waals surface area contributed by atoms with Crippen molar-refractivity contribution in [1.82, 2.24) is 14.9 Å². The van der Waals surface area contributed by atoms with Gasteiger partial charge in [0.2, 0.25) is 0 Å². The van der Waals surface area contributed by atoms with E-state index in [2.05, 4.69) is 21.8 Å². The summed E-state index contributed by atoms with van der Waals surface area (Å²) >= 11 is 1.66. The van der Waals surface area contributed by atoms with Crippen LogP contribution in [0.4, 0.5) is 4.39 Å². The number of halogens is 1. The third-order valence-corrected chi connectivity index (χ3v) is 4.83. The number of benzene rings is 1. The van der Waals surface area contributed by atoms with Crippen LogP contribution in [0, 0.1) is 5.82 Å². The molecule has 3 aromatic rings. The molecule has 0 radical (unpaired) electrons. The molecule has 0 aliphatic carbocycles. The molecular formula is C16H18FN3S. The molecule has 0 atom stereocenters. The Labute approximate surface area is 127 Å². The van der Waals surface area contributed by atoms with E-state index in [1.807, 2.05) is 25.5 Å². The van der Waals surface area contributed by atoms with E-state index >= 15 is 0 Å². The van der Waals surface area contributed by atoms with Gasteiger partial charge in [-0.3, -0.25) is 0 Å². The summed E-state index contributed by atoms with van der Waals surface area (Å²) in [5.74, 6) is 0.889. The Kier molecular flexibility index (Phi) is 4.03. The van der Waals surface area contributed by atoms with E-state index in [1.54, 1.807) is 17.4 Å². The van der Waals surface area contributed by atoms with Gasteiger partial charge in [0.05, 0.1) is 6.54 Å². The Morgan fingerprint density at radius 3 is 3.00 bits per heavy atom. The summed E-state index contributed by atoms with van der Waals surface area (Å²) in [4.78, 5) is 5.54. The second-order valence-electron chi connectivity index (χ2n) is 4.97. The van der Waals surface area contributed by atoms with Crippen LogP contribution in [0.3, 0.4) is 0 Å². The van der Waals surface area contributed by atoms with E-state index in [0.717, 1.165) is 34.4 Å². The molecule has 5 heteroatoms. The molecule has 1 aromatic carbocycles. The van der Waals surface area contributed by atoms with Crippen molar-refractivity contribution in [3.05, 3.63) is 52.7 Å². The smallest absolute Gasteiger partial charge is 0.132 e. The quantitative estimate of drug-likeness (QED) is 0.781. The molecule has 0 unspecified atom stereocenters. The fourth-order valence-electron chi connectivity index (χ4n) is 2.66. The van der Waals surface area contributed by atoms with Gasteiger partial charge < -0.3 is 9.88 Å². The van der Waals surface area contributed by atoms with Gasteiger partial charge >= 0.3 is 0 Å². The van der Waals surface area contributed by atoms with Crippen molar-refractivity contribution in [2.24, 2.45) is 0 Å². The first-order chi connectivity index (χ1) is 10.2. The number of aromatic nitrogens is 2. The van der Waals surface area contributed by atoms with Gasteiger partial charge in [0.15, 0.2) is 0 Å². The lowest BCUT2D eigenvalue weighted by molar-refractivity contribution is 0.637. The molecular weight excluding hydrogens is 285 g/mol. The highest BCUT2D eigenvalue weighted by atomic mass is 32.1. The van der Waals surface area contributed by atoms with Crippen molar-refractivity contribution < 1.29 is 4.39 Å². The maximum atomic E-state index is 14.3. The molecule has 0 aliphatic rings. The van der Waals surface area contributed by atoms with Crippen molar-refractivity contribution in [1.29, 1.82) is 0 Å². The van der Waals surface area contributed by atoms with Gasteiger partial charge in [0, 0.05) is 40.3 Å². The number of aryl methyl sites for hydroxylation is 1. The van der Waals surface area contributed by atoms with E-state index in [9.17, 15) is 4.39 Å². The minimum atomic E-state index is -0.140. The van der Waals surface area contributed by atoms with Gasteiger partial charge in [0.25, 0.3) is 0 Å². The molecule has 0 amide bonds. The highest BCUT2D eigenvalue weighted by Gasteiger charge is 2.16. The Bertz CT molecular complexity index is 760. The number of rotatable bonds is 5. The summed E-state index contributed by atoms with van der Waals surface area (Å²) in [7, 11) is 1.92. The lowest BCUT2D eigenvalue weighted by Gasteiger charge is -2.09. The number of fused-ring (bicyclic) bond motifs is 1. The highest BCUT2D eigenvalue weighted by molar-refractivity contribution is 7.19. The van der Waals surface area contributed by atoms with Crippen LogP contribution in [0.5, 0.6) is 0 Å². The van der Waals surface area contributed by atoms with Crippen molar-refractivity contribution in [2.45, 2.75) is 26.4 Å². The van der Waals surface area contributed by atoms with Gasteiger partial charge in [0.1, 0.15) is 11.6 Å². The minimum Gasteiger partial charge on any atom is -0.330 e. The van der Waals surface area contributed by atoms with Gasteiger partial charge in [-0.25, -0.2) is 9.37 Å². The Morgan fingerprint density at radius 2 is 2.24 bits per heavy atom. The summed E-state index contributed by atoms with van der Waals surface area (Å²) in [6.45, 7) is 3.51. The van der Waals surface area contributed by atoms with Gasteiger partial charge in [-0.1, -0.05) is 13.0 Å². The van der Waals surface area contributed by atoms with Gasteiger partial charge in [-0.05, 0) is 24.7 Å². The fourth-order valence-corrected chi connectivity index (χ4v) is 3.90. The highest BCUT2D eigenvalue weighted by Crippen LogP contribution is 2.34. The van der Waals surface area contributed by atoms with Crippen LogP contribution >= 0.6 is 11.3 Å². The number of hydrogen-bond donors (Lipinski definition) is 1. The SMILES string of the molecule is CCc1nccn1Cc1c(CNC)sc2cccc(F)c12. The van der Waals surface area contributed by atoms with Crippen LogP contribution in [0.15, 0.2) is 30.6 Å². The second kappa shape index (κ2) is 5.95. The number of nitrogens with one attached hydrogen (secondary N) is 1. The molecule has 0 spiro atoms. The topological polar surface area (TPSA) is 29.9 Å². The van der Waals surface area contributed by atoms with Crippen LogP contribution in [-0.2, 0) is 19.5 Å². The monoisotopic (exact) mass is 303 g/mol. The van der Waals surface area contributed by atoms with Crippen LogP contribution < -0.4 is 5.32 Å². The molecule has 0 aliphatic heterocycles. The average molecular weight is 303 g/mol. The average Bonchev–Trinajstić information content (AvgIpc) is 3.06. The van der Waals surface area contributed by atoms with E-state index in [-0.39, 0.29) is 5.82 Å². The summed E-state index contributed by atoms with van der Waals surface area (Å²) in [6.07, 6.45) is 4.65. The largest absolute Gasteiger partial charge is 0.330 e. The Morgan fingerprint density at radius 1 is 1.38 bits per heavy atom. The molecule has 1 N–H and O–H groups in total. The normalized spacial score (nSPS) is 11.4. The van der Waals surface area contributed by atoms with Crippen LogP contribution in [0.1, 0.15) is 23.2 Å². The third kappa shape index (κ3) is 2.59. The lowest BCUT2D eigenvalue weighted by atomic mass is 10.1. The zero-order chi connectivity index (χ0) is 14.8. The standard InChI is InChI=1S/C16H18FN3S/c1-3-15-19-7-8-20(15)10-11-14(9-18-2)21-13-6-4-5-12(17)16(11)13/h4-8,18H,3,9-10H2,1-2H3. The molecule has 0 saturated heterocycles. The molecule has 0 fully saturated rings. The van der Waals surface area contributed by atoms with Crippen molar-refractivity contribution in [3.63, 3.8) is 0 Å². The third-order valence-electron chi connectivity index (χ3n) is 3.63. The summed E-state index contributed by atoms with van der Waals surface area (Å²) in [5, 5.41) is 3.93. The van der Waals surface area contributed by atoms with Crippen LogP contribution in [-0.4, -0.2) is 16.6 Å². The number of thiophene rings is 1. The molecule has 2 aromatic heterocycles. The first kappa shape index (κ1) is 14.2. The number of hydrogen-bond acceptors (Lipinski definition) is 3. The lowest BCUT2D eigenvalue weighted by Crippen LogP contribution is -2.09. The summed E-state index contributed by atoms with van der Waals surface area (Å²) in [6, 6.07) is 5.30. The summed E-state index contributed by atoms with van der Waals surface area (Å²) in [5.41, 5.74) is 1.06. The zero-order valence-electron chi connectivity index (χ0n) is 12.2. The Hall–Kier alpha value is -1.72. The first-order valence-corrected chi connectivity index (χ1v) is 7.89. The van der Waals surface area contributed by atoms with E-state index < -0.39 is 0 Å². The van der Waals surface area contributed by atoms with Crippen molar-refractivity contribution >= 4 is 21.4 Å². The van der Waals surface area contributed by atoms with Gasteiger partial charge in [-0.2, -0.15) is 0 Å². The molecule has 0 bridgehead atoms. The molecule has 3 nitrogen and oxygen atoms in total. The van der Waals surface area contributed by atoms with E-state index in [4.69, 9.17) is 0 Å². The fraction of sp³-hybridized carbons (Fsp3) is 0.312. The second-order valence-corrected chi connectivity index (χ2v) is 6.11. The molecule has 2 heterocycles.